The Kier molecular flexibility index (Phi) is 5.38. The van der Waals surface area contributed by atoms with Gasteiger partial charge in [0, 0.05) is 18.6 Å². The van der Waals surface area contributed by atoms with Crippen molar-refractivity contribution in [2.75, 3.05) is 0 Å². The Morgan fingerprint density at radius 3 is 1.37 bits per heavy atom. The lowest BCUT2D eigenvalue weighted by Crippen LogP contribution is -1.99. The van der Waals surface area contributed by atoms with Crippen LogP contribution in [-0.2, 0) is 0 Å². The lowest BCUT2D eigenvalue weighted by Gasteiger charge is -2.03. The Morgan fingerprint density at radius 1 is 0.556 bits per heavy atom. The standard InChI is InChI=1S/C12H8N6O2.C5H5NO/c19-9-5-13-3-1-7(9)11-15-17-12(18-16-11)8-2-4-14-6-10(8)20;7-5-2-1-3-6-4-5/h1-6,19-20H;1-4,7H. The molecule has 10 nitrogen and oxygen atoms in total. The fraction of sp³-hybridized carbons (Fsp3) is 0. The van der Waals surface area contributed by atoms with Crippen LogP contribution in [0.5, 0.6) is 17.2 Å². The Bertz CT molecular complexity index is 950. The molecule has 0 amide bonds. The van der Waals surface area contributed by atoms with Crippen molar-refractivity contribution >= 4 is 0 Å². The normalized spacial score (nSPS) is 9.93. The first-order chi connectivity index (χ1) is 13.1. The monoisotopic (exact) mass is 363 g/mol. The number of hydrogen-bond donors (Lipinski definition) is 3. The number of pyridine rings is 3. The van der Waals surface area contributed by atoms with Gasteiger partial charge in [0.2, 0.25) is 11.6 Å². The summed E-state index contributed by atoms with van der Waals surface area (Å²) in [4.78, 5) is 11.2. The highest BCUT2D eigenvalue weighted by molar-refractivity contribution is 5.64. The summed E-state index contributed by atoms with van der Waals surface area (Å²) in [5.41, 5.74) is 0.760. The molecule has 4 aromatic heterocycles. The molecular formula is C17H13N7O3. The van der Waals surface area contributed by atoms with E-state index in [0.29, 0.717) is 11.1 Å². The van der Waals surface area contributed by atoms with Gasteiger partial charge in [-0.25, -0.2) is 0 Å². The summed E-state index contributed by atoms with van der Waals surface area (Å²) in [6.07, 6.45) is 8.56. The van der Waals surface area contributed by atoms with Gasteiger partial charge in [-0.05, 0) is 24.3 Å². The third-order valence-corrected chi connectivity index (χ3v) is 3.21. The summed E-state index contributed by atoms with van der Waals surface area (Å²) < 4.78 is 0. The maximum atomic E-state index is 9.65. The number of rotatable bonds is 2. The van der Waals surface area contributed by atoms with Gasteiger partial charge in [-0.1, -0.05) is 0 Å². The van der Waals surface area contributed by atoms with Crippen molar-refractivity contribution in [3.63, 3.8) is 0 Å². The van der Waals surface area contributed by atoms with Crippen LogP contribution in [0.15, 0.2) is 61.4 Å². The van der Waals surface area contributed by atoms with Crippen molar-refractivity contribution in [2.45, 2.75) is 0 Å². The smallest absolute Gasteiger partial charge is 0.207 e. The van der Waals surface area contributed by atoms with Crippen LogP contribution in [0.25, 0.3) is 22.8 Å². The summed E-state index contributed by atoms with van der Waals surface area (Å²) in [5, 5.41) is 43.4. The van der Waals surface area contributed by atoms with Gasteiger partial charge in [0.05, 0.1) is 29.7 Å². The molecule has 0 saturated heterocycles. The molecule has 0 atom stereocenters. The molecule has 27 heavy (non-hydrogen) atoms. The van der Waals surface area contributed by atoms with E-state index in [9.17, 15) is 10.2 Å². The van der Waals surface area contributed by atoms with E-state index < -0.39 is 0 Å². The summed E-state index contributed by atoms with van der Waals surface area (Å²) in [5.74, 6) is 0.429. The first-order valence-electron chi connectivity index (χ1n) is 7.58. The van der Waals surface area contributed by atoms with Crippen LogP contribution in [0.2, 0.25) is 0 Å². The summed E-state index contributed by atoms with van der Waals surface area (Å²) in [7, 11) is 0. The molecule has 4 rings (SSSR count). The van der Waals surface area contributed by atoms with E-state index >= 15 is 0 Å². The predicted molar refractivity (Wildman–Crippen MR) is 93.3 cm³/mol. The van der Waals surface area contributed by atoms with Crippen molar-refractivity contribution in [3.8, 4) is 40.0 Å². The van der Waals surface area contributed by atoms with Crippen LogP contribution in [0.1, 0.15) is 0 Å². The Hall–Kier alpha value is -4.21. The van der Waals surface area contributed by atoms with Gasteiger partial charge in [0.1, 0.15) is 17.2 Å². The highest BCUT2D eigenvalue weighted by Crippen LogP contribution is 2.26. The number of aromatic nitrogens is 7. The Morgan fingerprint density at radius 2 is 1.04 bits per heavy atom. The third-order valence-electron chi connectivity index (χ3n) is 3.21. The quantitative estimate of drug-likeness (QED) is 0.479. The average Bonchev–Trinajstić information content (AvgIpc) is 2.70. The van der Waals surface area contributed by atoms with Crippen LogP contribution in [0, 0.1) is 0 Å². The molecule has 134 valence electrons. The van der Waals surface area contributed by atoms with E-state index in [4.69, 9.17) is 5.11 Å². The van der Waals surface area contributed by atoms with Crippen LogP contribution >= 0.6 is 0 Å². The van der Waals surface area contributed by atoms with Gasteiger partial charge in [-0.2, -0.15) is 0 Å². The zero-order valence-electron chi connectivity index (χ0n) is 13.7. The van der Waals surface area contributed by atoms with Gasteiger partial charge in [0.25, 0.3) is 0 Å². The molecule has 0 aliphatic carbocycles. The maximum Gasteiger partial charge on any atom is 0.207 e. The summed E-state index contributed by atoms with van der Waals surface area (Å²) in [6, 6.07) is 6.36. The molecule has 0 unspecified atom stereocenters. The van der Waals surface area contributed by atoms with E-state index in [1.165, 1.54) is 31.0 Å². The number of nitrogens with zero attached hydrogens (tertiary/aromatic N) is 7. The van der Waals surface area contributed by atoms with Crippen molar-refractivity contribution in [1.29, 1.82) is 0 Å². The van der Waals surface area contributed by atoms with Gasteiger partial charge >= 0.3 is 0 Å². The van der Waals surface area contributed by atoms with Crippen molar-refractivity contribution in [1.82, 2.24) is 35.3 Å². The first-order valence-corrected chi connectivity index (χ1v) is 7.58. The topological polar surface area (TPSA) is 151 Å². The van der Waals surface area contributed by atoms with Crippen LogP contribution in [0.3, 0.4) is 0 Å². The SMILES string of the molecule is Oc1cccnc1.Oc1cnccc1-c1nnc(-c2ccncc2O)nn1. The van der Waals surface area contributed by atoms with Crippen molar-refractivity contribution < 1.29 is 15.3 Å². The average molecular weight is 363 g/mol. The zero-order chi connectivity index (χ0) is 19.1. The van der Waals surface area contributed by atoms with E-state index in [2.05, 4.69) is 35.3 Å². The van der Waals surface area contributed by atoms with Gasteiger partial charge < -0.3 is 15.3 Å². The Balaban J connectivity index is 0.000000253. The molecule has 10 heteroatoms. The molecule has 0 aliphatic rings. The van der Waals surface area contributed by atoms with Gasteiger partial charge in [-0.15, -0.1) is 20.4 Å². The van der Waals surface area contributed by atoms with Crippen molar-refractivity contribution in [3.05, 3.63) is 61.4 Å². The van der Waals surface area contributed by atoms with Crippen molar-refractivity contribution in [2.24, 2.45) is 0 Å². The van der Waals surface area contributed by atoms with Crippen LogP contribution < -0.4 is 0 Å². The summed E-state index contributed by atoms with van der Waals surface area (Å²) in [6.45, 7) is 0. The van der Waals surface area contributed by atoms with Gasteiger partial charge in [0.15, 0.2) is 0 Å². The largest absolute Gasteiger partial charge is 0.506 e. The zero-order valence-corrected chi connectivity index (χ0v) is 13.7. The molecular weight excluding hydrogens is 350 g/mol. The molecule has 0 aliphatic heterocycles. The summed E-state index contributed by atoms with van der Waals surface area (Å²) >= 11 is 0. The lowest BCUT2D eigenvalue weighted by molar-refractivity contribution is 0.472. The molecule has 0 aromatic carbocycles. The van der Waals surface area contributed by atoms with E-state index in [-0.39, 0.29) is 28.9 Å². The highest BCUT2D eigenvalue weighted by atomic mass is 16.3. The van der Waals surface area contributed by atoms with Gasteiger partial charge in [-0.3, -0.25) is 15.0 Å². The molecule has 0 bridgehead atoms. The minimum Gasteiger partial charge on any atom is -0.506 e. The maximum absolute atomic E-state index is 9.65. The second kappa shape index (κ2) is 8.25. The molecule has 4 heterocycles. The number of hydrogen-bond acceptors (Lipinski definition) is 10. The molecule has 0 fully saturated rings. The fourth-order valence-corrected chi connectivity index (χ4v) is 1.95. The van der Waals surface area contributed by atoms with E-state index in [1.807, 2.05) is 0 Å². The van der Waals surface area contributed by atoms with Crippen LogP contribution in [0.4, 0.5) is 0 Å². The molecule has 4 aromatic rings. The molecule has 0 radical (unpaired) electrons. The third kappa shape index (κ3) is 4.45. The minimum absolute atomic E-state index is 0.0596. The second-order valence-corrected chi connectivity index (χ2v) is 5.04. The predicted octanol–water partition coefficient (Wildman–Crippen LogP) is 1.59. The van der Waals surface area contributed by atoms with Crippen LogP contribution in [-0.4, -0.2) is 50.7 Å². The Labute approximate surface area is 152 Å². The van der Waals surface area contributed by atoms with E-state index in [0.717, 1.165) is 0 Å². The minimum atomic E-state index is -0.0596. The van der Waals surface area contributed by atoms with E-state index in [1.54, 1.807) is 30.5 Å². The molecule has 3 N–H and O–H groups in total. The highest BCUT2D eigenvalue weighted by Gasteiger charge is 2.12. The second-order valence-electron chi connectivity index (χ2n) is 5.04. The first kappa shape index (κ1) is 17.6. The number of aromatic hydroxyl groups is 3. The molecule has 0 saturated carbocycles. The fourth-order valence-electron chi connectivity index (χ4n) is 1.95. The lowest BCUT2D eigenvalue weighted by atomic mass is 10.2. The molecule has 0 spiro atoms.